The van der Waals surface area contributed by atoms with Crippen molar-refractivity contribution in [2.45, 2.75) is 6.92 Å². The lowest BCUT2D eigenvalue weighted by molar-refractivity contribution is -0.117. The van der Waals surface area contributed by atoms with E-state index in [-0.39, 0.29) is 5.91 Å². The fourth-order valence-corrected chi connectivity index (χ4v) is 1.48. The Morgan fingerprint density at radius 3 is 2.71 bits per heavy atom. The summed E-state index contributed by atoms with van der Waals surface area (Å²) in [5.41, 5.74) is 1.05. The lowest BCUT2D eigenvalue weighted by Crippen LogP contribution is -2.33. The highest BCUT2D eigenvalue weighted by molar-refractivity contribution is 5.87. The largest absolute Gasteiger partial charge is 0.273 e. The third-order valence-corrected chi connectivity index (χ3v) is 2.36. The standard InChI is InChI=1S/C11H12N2O/c1-9(14)12(2)13-8-7-10-5-3-4-6-11(10)13/h3-8H,1-2H3. The molecule has 1 aromatic heterocycles. The minimum absolute atomic E-state index is 0.0198. The molecule has 0 atom stereocenters. The summed E-state index contributed by atoms with van der Waals surface area (Å²) in [5.74, 6) is 0.0198. The monoisotopic (exact) mass is 188 g/mol. The van der Waals surface area contributed by atoms with E-state index in [9.17, 15) is 4.79 Å². The van der Waals surface area contributed by atoms with Gasteiger partial charge in [-0.25, -0.2) is 0 Å². The average Bonchev–Trinajstić information content (AvgIpc) is 2.60. The minimum Gasteiger partial charge on any atom is -0.273 e. The number of nitrogens with zero attached hydrogens (tertiary/aromatic N) is 2. The molecule has 0 saturated heterocycles. The number of fused-ring (bicyclic) bond motifs is 1. The topological polar surface area (TPSA) is 25.2 Å². The van der Waals surface area contributed by atoms with Gasteiger partial charge in [0.25, 0.3) is 0 Å². The molecule has 1 heterocycles. The molecule has 1 aromatic carbocycles. The maximum Gasteiger partial charge on any atom is 0.237 e. The molecule has 72 valence electrons. The summed E-state index contributed by atoms with van der Waals surface area (Å²) in [6, 6.07) is 9.97. The van der Waals surface area contributed by atoms with Crippen molar-refractivity contribution in [2.24, 2.45) is 0 Å². The molecule has 3 heteroatoms. The molecular weight excluding hydrogens is 176 g/mol. The van der Waals surface area contributed by atoms with Gasteiger partial charge >= 0.3 is 0 Å². The first-order valence-corrected chi connectivity index (χ1v) is 4.51. The van der Waals surface area contributed by atoms with Crippen LogP contribution in [0.5, 0.6) is 0 Å². The van der Waals surface area contributed by atoms with E-state index in [0.29, 0.717) is 0 Å². The number of carbonyl (C=O) groups excluding carboxylic acids is 1. The van der Waals surface area contributed by atoms with E-state index in [4.69, 9.17) is 0 Å². The van der Waals surface area contributed by atoms with Crippen LogP contribution in [0.4, 0.5) is 0 Å². The van der Waals surface area contributed by atoms with E-state index in [1.807, 2.05) is 41.2 Å². The van der Waals surface area contributed by atoms with Gasteiger partial charge in [-0.05, 0) is 12.1 Å². The first-order valence-electron chi connectivity index (χ1n) is 4.51. The van der Waals surface area contributed by atoms with Crippen molar-refractivity contribution in [1.29, 1.82) is 0 Å². The molecule has 0 unspecified atom stereocenters. The number of hydrogen-bond donors (Lipinski definition) is 0. The molecule has 0 spiro atoms. The van der Waals surface area contributed by atoms with Crippen LogP contribution in [0.2, 0.25) is 0 Å². The Morgan fingerprint density at radius 1 is 1.29 bits per heavy atom. The van der Waals surface area contributed by atoms with Crippen molar-refractivity contribution in [2.75, 3.05) is 12.1 Å². The molecule has 0 aliphatic rings. The predicted octanol–water partition coefficient (Wildman–Crippen LogP) is 1.76. The number of hydrogen-bond acceptors (Lipinski definition) is 1. The molecule has 2 rings (SSSR count). The van der Waals surface area contributed by atoms with Crippen LogP contribution < -0.4 is 5.01 Å². The maximum absolute atomic E-state index is 11.2. The van der Waals surface area contributed by atoms with Crippen LogP contribution in [0.15, 0.2) is 36.5 Å². The molecular formula is C11H12N2O. The molecule has 0 fully saturated rings. The van der Waals surface area contributed by atoms with Gasteiger partial charge in [0.05, 0.1) is 5.52 Å². The molecule has 0 aliphatic carbocycles. The van der Waals surface area contributed by atoms with Gasteiger partial charge in [-0.2, -0.15) is 0 Å². The number of carbonyl (C=O) groups is 1. The summed E-state index contributed by atoms with van der Waals surface area (Å²) in [6.07, 6.45) is 1.89. The molecule has 0 radical (unpaired) electrons. The van der Waals surface area contributed by atoms with Gasteiger partial charge in [0, 0.05) is 25.6 Å². The van der Waals surface area contributed by atoms with Gasteiger partial charge in [-0.15, -0.1) is 0 Å². The highest BCUT2D eigenvalue weighted by atomic mass is 16.2. The Labute approximate surface area is 82.5 Å². The van der Waals surface area contributed by atoms with Crippen molar-refractivity contribution in [3.05, 3.63) is 36.5 Å². The van der Waals surface area contributed by atoms with Crippen molar-refractivity contribution >= 4 is 16.8 Å². The van der Waals surface area contributed by atoms with Crippen LogP contribution in [0.1, 0.15) is 6.92 Å². The summed E-state index contributed by atoms with van der Waals surface area (Å²) in [6.45, 7) is 1.55. The van der Waals surface area contributed by atoms with E-state index in [2.05, 4.69) is 0 Å². The smallest absolute Gasteiger partial charge is 0.237 e. The zero-order valence-electron chi connectivity index (χ0n) is 8.27. The summed E-state index contributed by atoms with van der Waals surface area (Å²) in [4.78, 5) is 11.2. The Balaban J connectivity index is 2.58. The van der Waals surface area contributed by atoms with Crippen molar-refractivity contribution in [3.63, 3.8) is 0 Å². The number of para-hydroxylation sites is 1. The number of benzene rings is 1. The Hall–Kier alpha value is -1.77. The SMILES string of the molecule is CC(=O)N(C)n1ccc2ccccc21. The first kappa shape index (κ1) is 8.81. The molecule has 0 bridgehead atoms. The minimum atomic E-state index is 0.0198. The zero-order valence-corrected chi connectivity index (χ0v) is 8.27. The van der Waals surface area contributed by atoms with Crippen LogP contribution in [0.25, 0.3) is 10.9 Å². The highest BCUT2D eigenvalue weighted by Crippen LogP contribution is 2.14. The molecule has 0 N–H and O–H groups in total. The lowest BCUT2D eigenvalue weighted by Gasteiger charge is -2.17. The Morgan fingerprint density at radius 2 is 2.00 bits per heavy atom. The number of rotatable bonds is 1. The zero-order chi connectivity index (χ0) is 10.1. The van der Waals surface area contributed by atoms with Crippen molar-refractivity contribution in [3.8, 4) is 0 Å². The molecule has 2 aromatic rings. The maximum atomic E-state index is 11.2. The van der Waals surface area contributed by atoms with E-state index in [0.717, 1.165) is 10.9 Å². The molecule has 14 heavy (non-hydrogen) atoms. The third kappa shape index (κ3) is 1.27. The van der Waals surface area contributed by atoms with E-state index in [1.165, 1.54) is 0 Å². The fourth-order valence-electron chi connectivity index (χ4n) is 1.48. The molecule has 0 aliphatic heterocycles. The summed E-state index contributed by atoms with van der Waals surface area (Å²) in [7, 11) is 1.76. The normalized spacial score (nSPS) is 10.4. The quantitative estimate of drug-likeness (QED) is 0.669. The van der Waals surface area contributed by atoms with E-state index >= 15 is 0 Å². The lowest BCUT2D eigenvalue weighted by atomic mass is 10.3. The van der Waals surface area contributed by atoms with Crippen LogP contribution in [0.3, 0.4) is 0 Å². The van der Waals surface area contributed by atoms with Crippen molar-refractivity contribution < 1.29 is 4.79 Å². The van der Waals surface area contributed by atoms with Crippen molar-refractivity contribution in [1.82, 2.24) is 4.68 Å². The molecule has 0 saturated carbocycles. The molecule has 1 amide bonds. The summed E-state index contributed by atoms with van der Waals surface area (Å²) >= 11 is 0. The Bertz CT molecular complexity index is 473. The second-order valence-electron chi connectivity index (χ2n) is 3.26. The highest BCUT2D eigenvalue weighted by Gasteiger charge is 2.06. The number of aromatic nitrogens is 1. The fraction of sp³-hybridized carbons (Fsp3) is 0.182. The van der Waals surface area contributed by atoms with Gasteiger partial charge in [-0.1, -0.05) is 18.2 Å². The number of amides is 1. The van der Waals surface area contributed by atoms with Crippen LogP contribution in [0, 0.1) is 0 Å². The van der Waals surface area contributed by atoms with Crippen LogP contribution in [-0.4, -0.2) is 17.6 Å². The van der Waals surface area contributed by atoms with Crippen LogP contribution in [-0.2, 0) is 4.79 Å². The predicted molar refractivity (Wildman–Crippen MR) is 56.8 cm³/mol. The van der Waals surface area contributed by atoms with Gasteiger partial charge in [-0.3, -0.25) is 14.5 Å². The summed E-state index contributed by atoms with van der Waals surface area (Å²) < 4.78 is 1.84. The van der Waals surface area contributed by atoms with Gasteiger partial charge in [0.2, 0.25) is 5.91 Å². The van der Waals surface area contributed by atoms with Gasteiger partial charge in [0.1, 0.15) is 0 Å². The average molecular weight is 188 g/mol. The van der Waals surface area contributed by atoms with E-state index < -0.39 is 0 Å². The third-order valence-electron chi connectivity index (χ3n) is 2.36. The second kappa shape index (κ2) is 3.18. The summed E-state index contributed by atoms with van der Waals surface area (Å²) in [5, 5.41) is 2.73. The first-order chi connectivity index (χ1) is 6.70. The van der Waals surface area contributed by atoms with Gasteiger partial charge < -0.3 is 0 Å². The second-order valence-corrected chi connectivity index (χ2v) is 3.26. The van der Waals surface area contributed by atoms with Crippen LogP contribution >= 0.6 is 0 Å². The van der Waals surface area contributed by atoms with Gasteiger partial charge in [0.15, 0.2) is 0 Å². The van der Waals surface area contributed by atoms with E-state index in [1.54, 1.807) is 19.0 Å². The Kier molecular flexibility index (Phi) is 2.00. The molecule has 3 nitrogen and oxygen atoms in total.